The number of amides is 2. The zero-order valence-corrected chi connectivity index (χ0v) is 23.1. The lowest BCUT2D eigenvalue weighted by atomic mass is 9.81. The molecule has 0 atom stereocenters. The first-order chi connectivity index (χ1) is 19.2. The Morgan fingerprint density at radius 3 is 2.40 bits per heavy atom. The van der Waals surface area contributed by atoms with Crippen molar-refractivity contribution in [2.45, 2.75) is 65.0 Å². The van der Waals surface area contributed by atoms with Crippen LogP contribution in [-0.2, 0) is 39.3 Å². The predicted molar refractivity (Wildman–Crippen MR) is 150 cm³/mol. The molecule has 0 radical (unpaired) electrons. The second-order valence-electron chi connectivity index (χ2n) is 9.97. The number of nitrogens with one attached hydrogen (secondary N) is 2. The van der Waals surface area contributed by atoms with Crippen LogP contribution < -0.4 is 27.6 Å². The molecule has 4 N–H and O–H groups in total. The first-order valence-electron chi connectivity index (χ1n) is 13.7. The number of nitrogens with zero attached hydrogens (tertiary/aromatic N) is 2. The number of ether oxygens (including phenoxy) is 2. The lowest BCUT2D eigenvalue weighted by molar-refractivity contribution is -0.143. The van der Waals surface area contributed by atoms with Crippen molar-refractivity contribution in [2.75, 3.05) is 24.2 Å². The number of hydrogen-bond acceptors (Lipinski definition) is 8. The van der Waals surface area contributed by atoms with Crippen molar-refractivity contribution in [1.29, 1.82) is 0 Å². The summed E-state index contributed by atoms with van der Waals surface area (Å²) in [5.41, 5.74) is 5.56. The number of aromatic nitrogens is 2. The van der Waals surface area contributed by atoms with Crippen LogP contribution in [0.1, 0.15) is 57.4 Å². The SMILES string of the molecule is CCOC(=O)CCCCn1c(=O)c(NC(=O)[C@H]2CC[C@H](CNC(=O)OCc3ccccc3)CC2)c(N)n(C)c1=O. The van der Waals surface area contributed by atoms with Crippen molar-refractivity contribution in [3.63, 3.8) is 0 Å². The van der Waals surface area contributed by atoms with Crippen LogP contribution in [-0.4, -0.2) is 40.3 Å². The average molecular weight is 558 g/mol. The van der Waals surface area contributed by atoms with E-state index in [9.17, 15) is 24.0 Å². The Bertz CT molecular complexity index is 1280. The molecule has 0 aliphatic heterocycles. The van der Waals surface area contributed by atoms with Gasteiger partial charge >= 0.3 is 17.8 Å². The van der Waals surface area contributed by atoms with E-state index in [4.69, 9.17) is 15.2 Å². The number of nitrogen functional groups attached to an aromatic ring is 1. The van der Waals surface area contributed by atoms with Crippen LogP contribution >= 0.6 is 0 Å². The number of rotatable bonds is 12. The molecule has 40 heavy (non-hydrogen) atoms. The first kappa shape index (κ1) is 30.5. The van der Waals surface area contributed by atoms with Gasteiger partial charge in [0.2, 0.25) is 5.91 Å². The largest absolute Gasteiger partial charge is 0.466 e. The lowest BCUT2D eigenvalue weighted by Gasteiger charge is -2.28. The van der Waals surface area contributed by atoms with E-state index in [1.165, 1.54) is 7.05 Å². The van der Waals surface area contributed by atoms with Crippen molar-refractivity contribution in [2.24, 2.45) is 18.9 Å². The number of alkyl carbamates (subject to hydrolysis) is 1. The summed E-state index contributed by atoms with van der Waals surface area (Å²) in [6, 6.07) is 9.42. The number of carbonyl (C=O) groups is 3. The summed E-state index contributed by atoms with van der Waals surface area (Å²) in [6.07, 6.45) is 3.19. The number of carbonyl (C=O) groups excluding carboxylic acids is 3. The highest BCUT2D eigenvalue weighted by atomic mass is 16.5. The van der Waals surface area contributed by atoms with Crippen molar-refractivity contribution in [1.82, 2.24) is 14.5 Å². The summed E-state index contributed by atoms with van der Waals surface area (Å²) >= 11 is 0. The molecule has 1 fully saturated rings. The van der Waals surface area contributed by atoms with Crippen molar-refractivity contribution in [3.8, 4) is 0 Å². The molecular formula is C28H39N5O7. The van der Waals surface area contributed by atoms with Crippen LogP contribution in [0.2, 0.25) is 0 Å². The summed E-state index contributed by atoms with van der Waals surface area (Å²) in [7, 11) is 1.44. The molecule has 1 aliphatic carbocycles. The third kappa shape index (κ3) is 8.45. The predicted octanol–water partition coefficient (Wildman–Crippen LogP) is 2.53. The fraction of sp³-hybridized carbons (Fsp3) is 0.536. The minimum atomic E-state index is -0.669. The van der Waals surface area contributed by atoms with Crippen LogP contribution in [0.15, 0.2) is 39.9 Å². The van der Waals surface area contributed by atoms with E-state index >= 15 is 0 Å². The molecule has 0 unspecified atom stereocenters. The van der Waals surface area contributed by atoms with E-state index in [2.05, 4.69) is 10.6 Å². The number of benzene rings is 1. The highest BCUT2D eigenvalue weighted by Crippen LogP contribution is 2.29. The highest BCUT2D eigenvalue weighted by Gasteiger charge is 2.28. The Morgan fingerprint density at radius 2 is 1.73 bits per heavy atom. The molecule has 1 aromatic carbocycles. The van der Waals surface area contributed by atoms with E-state index < -0.39 is 17.3 Å². The second-order valence-corrected chi connectivity index (χ2v) is 9.97. The van der Waals surface area contributed by atoms with E-state index in [0.29, 0.717) is 38.8 Å². The Labute approximate surface area is 232 Å². The smallest absolute Gasteiger partial charge is 0.407 e. The van der Waals surface area contributed by atoms with Gasteiger partial charge in [0, 0.05) is 32.5 Å². The van der Waals surface area contributed by atoms with Gasteiger partial charge in [0.1, 0.15) is 18.1 Å². The van der Waals surface area contributed by atoms with Crippen molar-refractivity contribution >= 4 is 29.5 Å². The number of unbranched alkanes of at least 4 members (excludes halogenated alkanes) is 1. The third-order valence-electron chi connectivity index (χ3n) is 7.13. The van der Waals surface area contributed by atoms with E-state index in [-0.39, 0.29) is 54.8 Å². The first-order valence-corrected chi connectivity index (χ1v) is 13.7. The van der Waals surface area contributed by atoms with Crippen LogP contribution in [0.5, 0.6) is 0 Å². The van der Waals surface area contributed by atoms with Crippen LogP contribution in [0.3, 0.4) is 0 Å². The number of anilines is 2. The third-order valence-corrected chi connectivity index (χ3v) is 7.13. The lowest BCUT2D eigenvalue weighted by Crippen LogP contribution is -2.42. The summed E-state index contributed by atoms with van der Waals surface area (Å²) in [6.45, 7) is 2.75. The van der Waals surface area contributed by atoms with Gasteiger partial charge < -0.3 is 25.8 Å². The Balaban J connectivity index is 1.49. The van der Waals surface area contributed by atoms with Crippen molar-refractivity contribution < 1.29 is 23.9 Å². The molecule has 0 bridgehead atoms. The molecule has 1 aromatic heterocycles. The fourth-order valence-corrected chi connectivity index (χ4v) is 4.73. The van der Waals surface area contributed by atoms with Gasteiger partial charge in [-0.1, -0.05) is 30.3 Å². The van der Waals surface area contributed by atoms with E-state index in [1.807, 2.05) is 30.3 Å². The highest BCUT2D eigenvalue weighted by molar-refractivity contribution is 5.94. The Kier molecular flexibility index (Phi) is 11.3. The average Bonchev–Trinajstić information content (AvgIpc) is 2.96. The Morgan fingerprint density at radius 1 is 1.02 bits per heavy atom. The van der Waals surface area contributed by atoms with Crippen LogP contribution in [0.25, 0.3) is 0 Å². The molecule has 1 aliphatic rings. The number of nitrogens with two attached hydrogens (primary N) is 1. The van der Waals surface area contributed by atoms with Gasteiger partial charge in [0.15, 0.2) is 0 Å². The van der Waals surface area contributed by atoms with Crippen molar-refractivity contribution in [3.05, 3.63) is 56.7 Å². The molecule has 0 saturated heterocycles. The number of hydrogen-bond donors (Lipinski definition) is 3. The Hall–Kier alpha value is -4.09. The number of esters is 1. The van der Waals surface area contributed by atoms with Crippen LogP contribution in [0, 0.1) is 11.8 Å². The summed E-state index contributed by atoms with van der Waals surface area (Å²) in [5, 5.41) is 5.45. The molecule has 2 aromatic rings. The molecule has 2 amide bonds. The second kappa shape index (κ2) is 14.9. The maximum Gasteiger partial charge on any atom is 0.407 e. The molecule has 3 rings (SSSR count). The molecule has 12 nitrogen and oxygen atoms in total. The standard InChI is InChI=1S/C28H39N5O7/c1-3-39-22(34)11-7-8-16-33-26(36)23(24(29)32(2)28(33)38)31-25(35)21-14-12-19(13-15-21)17-30-27(37)40-18-20-9-5-4-6-10-20/h4-6,9-10,19,21H,3,7-8,11-18,29H2,1-2H3,(H,30,37)(H,31,35)/t19-,21-. The zero-order chi connectivity index (χ0) is 29.1. The molecule has 1 saturated carbocycles. The maximum absolute atomic E-state index is 13.1. The molecular weight excluding hydrogens is 518 g/mol. The van der Waals surface area contributed by atoms with Crippen LogP contribution in [0.4, 0.5) is 16.3 Å². The van der Waals surface area contributed by atoms with Gasteiger partial charge in [-0.2, -0.15) is 0 Å². The minimum absolute atomic E-state index is 0.0833. The maximum atomic E-state index is 13.1. The van der Waals surface area contributed by atoms with Gasteiger partial charge in [-0.3, -0.25) is 23.5 Å². The van der Waals surface area contributed by atoms with Gasteiger partial charge in [0.05, 0.1) is 6.61 Å². The molecule has 218 valence electrons. The normalized spacial score (nSPS) is 16.6. The van der Waals surface area contributed by atoms with Gasteiger partial charge in [-0.25, -0.2) is 9.59 Å². The fourth-order valence-electron chi connectivity index (χ4n) is 4.73. The summed E-state index contributed by atoms with van der Waals surface area (Å²) in [5.74, 6) is -0.886. The zero-order valence-electron chi connectivity index (χ0n) is 23.1. The van der Waals surface area contributed by atoms with Gasteiger partial charge in [-0.05, 0) is 56.9 Å². The van der Waals surface area contributed by atoms with E-state index in [0.717, 1.165) is 27.5 Å². The molecule has 1 heterocycles. The molecule has 12 heteroatoms. The minimum Gasteiger partial charge on any atom is -0.466 e. The van der Waals surface area contributed by atoms with Gasteiger partial charge in [-0.15, -0.1) is 0 Å². The van der Waals surface area contributed by atoms with Gasteiger partial charge in [0.25, 0.3) is 5.56 Å². The molecule has 0 spiro atoms. The quantitative estimate of drug-likeness (QED) is 0.265. The topological polar surface area (TPSA) is 164 Å². The monoisotopic (exact) mass is 557 g/mol. The summed E-state index contributed by atoms with van der Waals surface area (Å²) in [4.78, 5) is 62.3. The summed E-state index contributed by atoms with van der Waals surface area (Å²) < 4.78 is 12.3. The van der Waals surface area contributed by atoms with E-state index in [1.54, 1.807) is 6.92 Å².